The van der Waals surface area contributed by atoms with Gasteiger partial charge in [0.1, 0.15) is 0 Å². The van der Waals surface area contributed by atoms with E-state index in [0.717, 1.165) is 83.6 Å². The highest BCUT2D eigenvalue weighted by molar-refractivity contribution is 5.95. The van der Waals surface area contributed by atoms with Gasteiger partial charge in [0.2, 0.25) is 0 Å². The Morgan fingerprint density at radius 1 is 0.417 bits per heavy atom. The lowest BCUT2D eigenvalue weighted by Crippen LogP contribution is -2.09. The summed E-state index contributed by atoms with van der Waals surface area (Å²) in [5.41, 5.74) is 6.57. The number of nitrogens with one attached hydrogen (secondary N) is 4. The summed E-state index contributed by atoms with van der Waals surface area (Å²) >= 11 is 0. The van der Waals surface area contributed by atoms with E-state index >= 15 is 0 Å². The molecule has 0 radical (unpaired) electrons. The molecule has 1 aromatic heterocycles. The molecule has 0 unspecified atom stereocenters. The van der Waals surface area contributed by atoms with Crippen molar-refractivity contribution in [2.45, 2.75) is 12.8 Å². The number of para-hydroxylation sites is 2. The molecule has 0 bridgehead atoms. The molecule has 1 heterocycles. The van der Waals surface area contributed by atoms with Crippen LogP contribution in [0.4, 0.5) is 22.7 Å². The van der Waals surface area contributed by atoms with E-state index in [9.17, 15) is 0 Å². The number of rotatable bonds is 12. The molecule has 5 heteroatoms. The maximum absolute atomic E-state index is 4.96. The van der Waals surface area contributed by atoms with Gasteiger partial charge in [-0.2, -0.15) is 0 Å². The van der Waals surface area contributed by atoms with Crippen LogP contribution in [-0.4, -0.2) is 31.2 Å². The van der Waals surface area contributed by atoms with E-state index in [1.807, 2.05) is 12.1 Å². The maximum Gasteiger partial charge on any atom is 0.0730 e. The topological polar surface area (TPSA) is 61.0 Å². The SMILES string of the molecule is c1ccc(NCCCNc2ccc3cc4ccc(NCCCNc5ccccc5)cc4nc3c2)cc1. The predicted molar refractivity (Wildman–Crippen MR) is 155 cm³/mol. The van der Waals surface area contributed by atoms with Crippen LogP contribution in [0, 0.1) is 0 Å². The fraction of sp³-hybridized carbons (Fsp3) is 0.194. The summed E-state index contributed by atoms with van der Waals surface area (Å²) in [5, 5.41) is 16.3. The van der Waals surface area contributed by atoms with E-state index in [2.05, 4.69) is 112 Å². The van der Waals surface area contributed by atoms with Gasteiger partial charge in [0.25, 0.3) is 0 Å². The molecule has 0 aliphatic carbocycles. The first-order chi connectivity index (χ1) is 17.8. The largest absolute Gasteiger partial charge is 0.385 e. The summed E-state index contributed by atoms with van der Waals surface area (Å²) in [5.74, 6) is 0. The van der Waals surface area contributed by atoms with Gasteiger partial charge in [-0.1, -0.05) is 48.5 Å². The van der Waals surface area contributed by atoms with Crippen LogP contribution >= 0.6 is 0 Å². The molecule has 0 aliphatic rings. The highest BCUT2D eigenvalue weighted by Gasteiger charge is 2.03. The van der Waals surface area contributed by atoms with Gasteiger partial charge in [0, 0.05) is 59.7 Å². The Morgan fingerprint density at radius 3 is 1.28 bits per heavy atom. The number of nitrogens with zero attached hydrogens (tertiary/aromatic N) is 1. The van der Waals surface area contributed by atoms with E-state index in [4.69, 9.17) is 4.98 Å². The van der Waals surface area contributed by atoms with Gasteiger partial charge >= 0.3 is 0 Å². The van der Waals surface area contributed by atoms with Crippen molar-refractivity contribution in [3.05, 3.63) is 103 Å². The molecule has 5 rings (SSSR count). The molecule has 36 heavy (non-hydrogen) atoms. The number of fused-ring (bicyclic) bond motifs is 2. The number of hydrogen-bond donors (Lipinski definition) is 4. The zero-order valence-electron chi connectivity index (χ0n) is 20.5. The molecule has 0 saturated carbocycles. The highest BCUT2D eigenvalue weighted by atomic mass is 14.9. The van der Waals surface area contributed by atoms with Gasteiger partial charge < -0.3 is 21.3 Å². The van der Waals surface area contributed by atoms with Crippen LogP contribution in [0.5, 0.6) is 0 Å². The van der Waals surface area contributed by atoms with Gasteiger partial charge in [0.15, 0.2) is 0 Å². The van der Waals surface area contributed by atoms with E-state index < -0.39 is 0 Å². The van der Waals surface area contributed by atoms with Crippen molar-refractivity contribution in [1.29, 1.82) is 0 Å². The summed E-state index contributed by atoms with van der Waals surface area (Å²) in [7, 11) is 0. The first kappa shape index (κ1) is 23.5. The second-order valence-corrected chi connectivity index (χ2v) is 8.95. The number of benzene rings is 4. The lowest BCUT2D eigenvalue weighted by Gasteiger charge is -2.11. The Morgan fingerprint density at radius 2 is 0.833 bits per heavy atom. The summed E-state index contributed by atoms with van der Waals surface area (Å²) in [6.07, 6.45) is 2.07. The highest BCUT2D eigenvalue weighted by Crippen LogP contribution is 2.25. The minimum absolute atomic E-state index is 0.909. The monoisotopic (exact) mass is 475 g/mol. The van der Waals surface area contributed by atoms with E-state index in [1.54, 1.807) is 0 Å². The first-order valence-electron chi connectivity index (χ1n) is 12.7. The van der Waals surface area contributed by atoms with Crippen LogP contribution < -0.4 is 21.3 Å². The Hall–Kier alpha value is -4.25. The summed E-state index contributed by atoms with van der Waals surface area (Å²) in [4.78, 5) is 4.96. The molecule has 0 atom stereocenters. The van der Waals surface area contributed by atoms with Crippen LogP contribution in [0.25, 0.3) is 21.8 Å². The van der Waals surface area contributed by atoms with Gasteiger partial charge in [0.05, 0.1) is 11.0 Å². The third-order valence-electron chi connectivity index (χ3n) is 6.18. The quantitative estimate of drug-likeness (QED) is 0.113. The number of hydrogen-bond acceptors (Lipinski definition) is 5. The molecule has 0 fully saturated rings. The van der Waals surface area contributed by atoms with Crippen molar-refractivity contribution in [3.63, 3.8) is 0 Å². The van der Waals surface area contributed by atoms with Crippen molar-refractivity contribution in [2.24, 2.45) is 0 Å². The van der Waals surface area contributed by atoms with Gasteiger partial charge in [-0.25, -0.2) is 4.98 Å². The molecule has 5 aromatic rings. The molecule has 5 nitrogen and oxygen atoms in total. The number of aromatic nitrogens is 1. The van der Waals surface area contributed by atoms with Crippen molar-refractivity contribution >= 4 is 44.6 Å². The third-order valence-corrected chi connectivity index (χ3v) is 6.18. The third kappa shape index (κ3) is 6.45. The van der Waals surface area contributed by atoms with Gasteiger partial charge in [-0.05, 0) is 67.4 Å². The number of anilines is 4. The Labute approximate surface area is 213 Å². The van der Waals surface area contributed by atoms with Crippen LogP contribution in [0.3, 0.4) is 0 Å². The van der Waals surface area contributed by atoms with E-state index in [0.29, 0.717) is 0 Å². The van der Waals surface area contributed by atoms with E-state index in [1.165, 1.54) is 0 Å². The second kappa shape index (κ2) is 11.9. The summed E-state index contributed by atoms with van der Waals surface area (Å²) in [6.45, 7) is 3.69. The van der Waals surface area contributed by atoms with Gasteiger partial charge in [-0.3, -0.25) is 0 Å². The molecular weight excluding hydrogens is 442 g/mol. The molecule has 182 valence electrons. The van der Waals surface area contributed by atoms with Crippen LogP contribution in [-0.2, 0) is 0 Å². The average molecular weight is 476 g/mol. The van der Waals surface area contributed by atoms with Crippen molar-refractivity contribution < 1.29 is 0 Å². The van der Waals surface area contributed by atoms with Crippen LogP contribution in [0.1, 0.15) is 12.8 Å². The minimum Gasteiger partial charge on any atom is -0.385 e. The molecule has 0 aliphatic heterocycles. The van der Waals surface area contributed by atoms with Crippen molar-refractivity contribution in [1.82, 2.24) is 4.98 Å². The normalized spacial score (nSPS) is 10.9. The molecule has 0 spiro atoms. The standard InChI is InChI=1S/C31H33N5/c1-3-9-26(10-4-1)32-17-7-19-34-28-15-13-24-21-25-14-16-29(23-31(25)36-30(24)22-28)35-20-8-18-33-27-11-5-2-6-12-27/h1-6,9-16,21-23,32-35H,7-8,17-20H2. The lowest BCUT2D eigenvalue weighted by atomic mass is 10.1. The first-order valence-corrected chi connectivity index (χ1v) is 12.7. The van der Waals surface area contributed by atoms with Gasteiger partial charge in [-0.15, -0.1) is 0 Å². The Balaban J connectivity index is 1.14. The Kier molecular flexibility index (Phi) is 7.79. The summed E-state index contributed by atoms with van der Waals surface area (Å²) in [6, 6.07) is 35.7. The zero-order chi connectivity index (χ0) is 24.4. The predicted octanol–water partition coefficient (Wildman–Crippen LogP) is 7.22. The lowest BCUT2D eigenvalue weighted by molar-refractivity contribution is 0.909. The minimum atomic E-state index is 0.909. The molecule has 0 saturated heterocycles. The van der Waals surface area contributed by atoms with Crippen LogP contribution in [0.15, 0.2) is 103 Å². The molecule has 4 N–H and O–H groups in total. The Bertz CT molecular complexity index is 1280. The molecular formula is C31H33N5. The fourth-order valence-corrected chi connectivity index (χ4v) is 4.26. The molecule has 4 aromatic carbocycles. The average Bonchev–Trinajstić information content (AvgIpc) is 2.92. The zero-order valence-corrected chi connectivity index (χ0v) is 20.5. The van der Waals surface area contributed by atoms with Crippen molar-refractivity contribution in [2.75, 3.05) is 47.4 Å². The maximum atomic E-state index is 4.96. The molecule has 0 amide bonds. The second-order valence-electron chi connectivity index (χ2n) is 8.95. The smallest absolute Gasteiger partial charge is 0.0730 e. The van der Waals surface area contributed by atoms with E-state index in [-0.39, 0.29) is 0 Å². The number of pyridine rings is 1. The fourth-order valence-electron chi connectivity index (χ4n) is 4.26. The van der Waals surface area contributed by atoms with Crippen molar-refractivity contribution in [3.8, 4) is 0 Å². The van der Waals surface area contributed by atoms with Crippen LogP contribution in [0.2, 0.25) is 0 Å². The summed E-state index contributed by atoms with van der Waals surface area (Å²) < 4.78 is 0.